The van der Waals surface area contributed by atoms with Crippen LogP contribution >= 0.6 is 23.2 Å². The number of nitrogens with zero attached hydrogens (tertiary/aromatic N) is 1. The summed E-state index contributed by atoms with van der Waals surface area (Å²) in [6.07, 6.45) is 1.08. The minimum atomic E-state index is 0.0659. The summed E-state index contributed by atoms with van der Waals surface area (Å²) < 4.78 is 0. The van der Waals surface area contributed by atoms with Crippen molar-refractivity contribution in [1.29, 1.82) is 0 Å². The van der Waals surface area contributed by atoms with E-state index in [-0.39, 0.29) is 5.91 Å². The van der Waals surface area contributed by atoms with E-state index in [1.165, 1.54) is 0 Å². The third-order valence-corrected chi connectivity index (χ3v) is 4.18. The highest BCUT2D eigenvalue weighted by Crippen LogP contribution is 2.21. The van der Waals surface area contributed by atoms with Crippen LogP contribution in [0.25, 0.3) is 0 Å². The van der Waals surface area contributed by atoms with Gasteiger partial charge in [-0.1, -0.05) is 29.3 Å². The maximum Gasteiger partial charge on any atom is 0.220 e. The van der Waals surface area contributed by atoms with Crippen molar-refractivity contribution in [2.75, 3.05) is 39.3 Å². The number of hydrogen-bond acceptors (Lipinski definition) is 3. The van der Waals surface area contributed by atoms with Crippen molar-refractivity contribution in [1.82, 2.24) is 15.5 Å². The molecule has 1 amide bonds. The number of nitrogens with one attached hydrogen (secondary N) is 2. The molecule has 1 saturated heterocycles. The van der Waals surface area contributed by atoms with Gasteiger partial charge in [0, 0.05) is 55.7 Å². The molecule has 1 heterocycles. The quantitative estimate of drug-likeness (QED) is 0.838. The predicted octanol–water partition coefficient (Wildman–Crippen LogP) is 1.95. The van der Waals surface area contributed by atoms with Gasteiger partial charge in [0.1, 0.15) is 0 Å². The van der Waals surface area contributed by atoms with Crippen LogP contribution in [-0.2, 0) is 11.2 Å². The number of aryl methyl sites for hydroxylation is 1. The smallest absolute Gasteiger partial charge is 0.220 e. The molecule has 1 aliphatic heterocycles. The van der Waals surface area contributed by atoms with Crippen molar-refractivity contribution in [3.63, 3.8) is 0 Å². The molecule has 0 aromatic heterocycles. The lowest BCUT2D eigenvalue weighted by atomic mass is 10.1. The highest BCUT2D eigenvalue weighted by molar-refractivity contribution is 6.35. The van der Waals surface area contributed by atoms with Gasteiger partial charge in [0.2, 0.25) is 5.91 Å². The molecule has 6 heteroatoms. The van der Waals surface area contributed by atoms with Gasteiger partial charge in [-0.05, 0) is 24.1 Å². The fourth-order valence-electron chi connectivity index (χ4n) is 2.35. The summed E-state index contributed by atoms with van der Waals surface area (Å²) in [6.45, 7) is 5.78. The van der Waals surface area contributed by atoms with Gasteiger partial charge in [0.25, 0.3) is 0 Å². The maximum atomic E-state index is 11.8. The lowest BCUT2D eigenvalue weighted by Crippen LogP contribution is -2.46. The number of benzene rings is 1. The van der Waals surface area contributed by atoms with Gasteiger partial charge in [-0.2, -0.15) is 0 Å². The Balaban J connectivity index is 1.65. The molecule has 0 aliphatic carbocycles. The van der Waals surface area contributed by atoms with E-state index in [0.717, 1.165) is 38.3 Å². The van der Waals surface area contributed by atoms with E-state index in [2.05, 4.69) is 15.5 Å². The molecule has 0 atom stereocenters. The van der Waals surface area contributed by atoms with Crippen LogP contribution < -0.4 is 10.6 Å². The molecule has 1 aromatic carbocycles. The second kappa shape index (κ2) is 8.59. The molecule has 1 aromatic rings. The molecule has 0 saturated carbocycles. The van der Waals surface area contributed by atoms with Crippen LogP contribution in [0.1, 0.15) is 12.0 Å². The Labute approximate surface area is 135 Å². The number of rotatable bonds is 6. The Kier molecular flexibility index (Phi) is 6.77. The second-order valence-electron chi connectivity index (χ2n) is 5.18. The Bertz CT molecular complexity index is 476. The maximum absolute atomic E-state index is 11.8. The zero-order valence-electron chi connectivity index (χ0n) is 12.0. The average Bonchev–Trinajstić information content (AvgIpc) is 2.47. The number of amides is 1. The Morgan fingerprint density at radius 2 is 2.05 bits per heavy atom. The van der Waals surface area contributed by atoms with Crippen LogP contribution in [-0.4, -0.2) is 50.1 Å². The fraction of sp³-hybridized carbons (Fsp3) is 0.533. The van der Waals surface area contributed by atoms with Gasteiger partial charge in [-0.15, -0.1) is 0 Å². The minimum absolute atomic E-state index is 0.0659. The van der Waals surface area contributed by atoms with E-state index in [1.807, 2.05) is 6.07 Å². The molecule has 0 bridgehead atoms. The normalized spacial score (nSPS) is 15.9. The topological polar surface area (TPSA) is 44.4 Å². The summed E-state index contributed by atoms with van der Waals surface area (Å²) in [5.41, 5.74) is 0.957. The molecule has 2 rings (SSSR count). The molecule has 116 valence electrons. The summed E-state index contributed by atoms with van der Waals surface area (Å²) in [4.78, 5) is 14.2. The molecule has 1 aliphatic rings. The zero-order chi connectivity index (χ0) is 15.1. The first-order valence-electron chi connectivity index (χ1n) is 7.29. The highest BCUT2D eigenvalue weighted by atomic mass is 35.5. The minimum Gasteiger partial charge on any atom is -0.355 e. The van der Waals surface area contributed by atoms with Gasteiger partial charge in [-0.25, -0.2) is 0 Å². The summed E-state index contributed by atoms with van der Waals surface area (Å²) in [7, 11) is 0. The van der Waals surface area contributed by atoms with Gasteiger partial charge >= 0.3 is 0 Å². The molecular weight excluding hydrogens is 309 g/mol. The molecule has 1 fully saturated rings. The third-order valence-electron chi connectivity index (χ3n) is 3.60. The monoisotopic (exact) mass is 329 g/mol. The van der Waals surface area contributed by atoms with Crippen LogP contribution in [0, 0.1) is 0 Å². The number of carbonyl (C=O) groups excluding carboxylic acids is 1. The van der Waals surface area contributed by atoms with Gasteiger partial charge in [-0.3, -0.25) is 9.69 Å². The van der Waals surface area contributed by atoms with Gasteiger partial charge < -0.3 is 10.6 Å². The van der Waals surface area contributed by atoms with Crippen molar-refractivity contribution >= 4 is 29.1 Å². The fourth-order valence-corrected chi connectivity index (χ4v) is 2.85. The summed E-state index contributed by atoms with van der Waals surface area (Å²) in [6, 6.07) is 5.38. The van der Waals surface area contributed by atoms with Crippen molar-refractivity contribution in [3.05, 3.63) is 33.8 Å². The Hall–Kier alpha value is -0.810. The Morgan fingerprint density at radius 3 is 2.76 bits per heavy atom. The molecular formula is C15H21Cl2N3O. The van der Waals surface area contributed by atoms with Crippen LogP contribution in [0.3, 0.4) is 0 Å². The number of carbonyl (C=O) groups is 1. The average molecular weight is 330 g/mol. The van der Waals surface area contributed by atoms with Crippen LogP contribution in [0.4, 0.5) is 0 Å². The van der Waals surface area contributed by atoms with E-state index in [0.29, 0.717) is 29.4 Å². The molecule has 0 radical (unpaired) electrons. The molecule has 0 unspecified atom stereocenters. The Morgan fingerprint density at radius 1 is 1.29 bits per heavy atom. The van der Waals surface area contributed by atoms with E-state index >= 15 is 0 Å². The first-order valence-corrected chi connectivity index (χ1v) is 8.04. The van der Waals surface area contributed by atoms with Crippen LogP contribution in [0.5, 0.6) is 0 Å². The highest BCUT2D eigenvalue weighted by Gasteiger charge is 2.10. The van der Waals surface area contributed by atoms with E-state index < -0.39 is 0 Å². The van der Waals surface area contributed by atoms with E-state index in [4.69, 9.17) is 23.2 Å². The number of halogens is 2. The molecule has 4 nitrogen and oxygen atoms in total. The molecule has 2 N–H and O–H groups in total. The number of hydrogen-bond donors (Lipinski definition) is 2. The predicted molar refractivity (Wildman–Crippen MR) is 87.1 cm³/mol. The standard InChI is InChI=1S/C15H21Cl2N3O/c16-13-3-1-12(14(17)11-13)2-4-15(21)19-7-10-20-8-5-18-6-9-20/h1,3,11,18H,2,4-10H2,(H,19,21). The third kappa shape index (κ3) is 5.83. The lowest BCUT2D eigenvalue weighted by molar-refractivity contribution is -0.121. The summed E-state index contributed by atoms with van der Waals surface area (Å²) in [5.74, 6) is 0.0659. The van der Waals surface area contributed by atoms with E-state index in [1.54, 1.807) is 12.1 Å². The van der Waals surface area contributed by atoms with Gasteiger partial charge in [0.05, 0.1) is 0 Å². The lowest BCUT2D eigenvalue weighted by Gasteiger charge is -2.27. The molecule has 0 spiro atoms. The SMILES string of the molecule is O=C(CCc1ccc(Cl)cc1Cl)NCCN1CCNCC1. The molecule has 21 heavy (non-hydrogen) atoms. The largest absolute Gasteiger partial charge is 0.355 e. The van der Waals surface area contributed by atoms with Crippen LogP contribution in [0.2, 0.25) is 10.0 Å². The van der Waals surface area contributed by atoms with Crippen molar-refractivity contribution in [2.45, 2.75) is 12.8 Å². The van der Waals surface area contributed by atoms with Gasteiger partial charge in [0.15, 0.2) is 0 Å². The van der Waals surface area contributed by atoms with Crippen molar-refractivity contribution < 1.29 is 4.79 Å². The summed E-state index contributed by atoms with van der Waals surface area (Å²) >= 11 is 11.9. The van der Waals surface area contributed by atoms with E-state index in [9.17, 15) is 4.79 Å². The summed E-state index contributed by atoms with van der Waals surface area (Å²) in [5, 5.41) is 7.51. The van der Waals surface area contributed by atoms with Crippen molar-refractivity contribution in [2.24, 2.45) is 0 Å². The van der Waals surface area contributed by atoms with Crippen LogP contribution in [0.15, 0.2) is 18.2 Å². The first kappa shape index (κ1) is 16.6. The zero-order valence-corrected chi connectivity index (χ0v) is 13.5. The van der Waals surface area contributed by atoms with Crippen molar-refractivity contribution in [3.8, 4) is 0 Å². The second-order valence-corrected chi connectivity index (χ2v) is 6.02. The first-order chi connectivity index (χ1) is 10.1. The number of piperazine rings is 1.